The van der Waals surface area contributed by atoms with Gasteiger partial charge in [-0.3, -0.25) is 0 Å². The maximum absolute atomic E-state index is 6.41. The third-order valence-electron chi connectivity index (χ3n) is 3.56. The molecule has 0 radical (unpaired) electrons. The summed E-state index contributed by atoms with van der Waals surface area (Å²) in [5, 5.41) is 0.724. The van der Waals surface area contributed by atoms with E-state index in [4.69, 9.17) is 22.1 Å². The van der Waals surface area contributed by atoms with Crippen molar-refractivity contribution >= 4 is 27.5 Å². The van der Waals surface area contributed by atoms with Gasteiger partial charge < -0.3 is 10.5 Å². The Morgan fingerprint density at radius 3 is 2.94 bits per heavy atom. The summed E-state index contributed by atoms with van der Waals surface area (Å²) in [5.41, 5.74) is 7.02. The van der Waals surface area contributed by atoms with Crippen molar-refractivity contribution in [1.82, 2.24) is 0 Å². The van der Waals surface area contributed by atoms with Crippen molar-refractivity contribution in [3.05, 3.63) is 33.3 Å². The molecule has 1 aromatic rings. The van der Waals surface area contributed by atoms with Crippen LogP contribution in [0.5, 0.6) is 0 Å². The molecule has 100 valence electrons. The third-order valence-corrected chi connectivity index (χ3v) is 4.36. The van der Waals surface area contributed by atoms with Crippen LogP contribution in [-0.4, -0.2) is 12.7 Å². The lowest BCUT2D eigenvalue weighted by molar-refractivity contribution is 0.0967. The molecule has 2 N–H and O–H groups in total. The molecule has 2 rings (SSSR count). The van der Waals surface area contributed by atoms with Crippen LogP contribution in [0.1, 0.15) is 38.2 Å². The van der Waals surface area contributed by atoms with Crippen molar-refractivity contribution in [3.8, 4) is 0 Å². The number of hydrogen-bond donors (Lipinski definition) is 1. The molecule has 1 saturated heterocycles. The van der Waals surface area contributed by atoms with Gasteiger partial charge in [0.1, 0.15) is 0 Å². The van der Waals surface area contributed by atoms with Crippen LogP contribution in [0.4, 0.5) is 0 Å². The monoisotopic (exact) mass is 331 g/mol. The van der Waals surface area contributed by atoms with Gasteiger partial charge in [-0.25, -0.2) is 0 Å². The van der Waals surface area contributed by atoms with Crippen molar-refractivity contribution in [2.45, 2.75) is 44.2 Å². The molecule has 0 amide bonds. The maximum atomic E-state index is 6.41. The molecule has 1 aromatic carbocycles. The Hall–Kier alpha value is -0.0900. The van der Waals surface area contributed by atoms with Gasteiger partial charge in [-0.05, 0) is 50.3 Å². The smallest absolute Gasteiger partial charge is 0.0576 e. The zero-order valence-corrected chi connectivity index (χ0v) is 12.9. The molecule has 0 saturated carbocycles. The lowest BCUT2D eigenvalue weighted by atomic mass is 9.87. The van der Waals surface area contributed by atoms with Gasteiger partial charge in [0, 0.05) is 21.6 Å². The highest BCUT2D eigenvalue weighted by molar-refractivity contribution is 9.10. The lowest BCUT2D eigenvalue weighted by Crippen LogP contribution is -2.34. The predicted molar refractivity (Wildman–Crippen MR) is 78.9 cm³/mol. The molecule has 18 heavy (non-hydrogen) atoms. The SMILES string of the molecule is CC(N)(CCC1CCCO1)c1ccc(Br)cc1Cl. The molecule has 0 aromatic heterocycles. The highest BCUT2D eigenvalue weighted by atomic mass is 79.9. The van der Waals surface area contributed by atoms with E-state index in [0.717, 1.165) is 40.9 Å². The Morgan fingerprint density at radius 2 is 2.33 bits per heavy atom. The van der Waals surface area contributed by atoms with E-state index in [1.807, 2.05) is 25.1 Å². The molecule has 1 aliphatic heterocycles. The van der Waals surface area contributed by atoms with Crippen molar-refractivity contribution in [2.24, 2.45) is 5.73 Å². The second-order valence-electron chi connectivity index (χ2n) is 5.22. The normalized spacial score (nSPS) is 23.0. The van der Waals surface area contributed by atoms with E-state index in [-0.39, 0.29) is 0 Å². The second-order valence-corrected chi connectivity index (χ2v) is 6.54. The summed E-state index contributed by atoms with van der Waals surface area (Å²) in [6.07, 6.45) is 4.59. The number of hydrogen-bond acceptors (Lipinski definition) is 2. The van der Waals surface area contributed by atoms with Crippen LogP contribution in [0, 0.1) is 0 Å². The van der Waals surface area contributed by atoms with E-state index in [0.29, 0.717) is 6.10 Å². The summed E-state index contributed by atoms with van der Waals surface area (Å²) in [5.74, 6) is 0. The van der Waals surface area contributed by atoms with Crippen LogP contribution < -0.4 is 5.73 Å². The number of rotatable bonds is 4. The van der Waals surface area contributed by atoms with Crippen molar-refractivity contribution in [2.75, 3.05) is 6.61 Å². The number of halogens is 2. The van der Waals surface area contributed by atoms with Crippen LogP contribution in [-0.2, 0) is 10.3 Å². The molecule has 2 unspecified atom stereocenters. The fourth-order valence-electron chi connectivity index (χ4n) is 2.42. The highest BCUT2D eigenvalue weighted by Crippen LogP contribution is 2.33. The van der Waals surface area contributed by atoms with Gasteiger partial charge in [-0.1, -0.05) is 33.6 Å². The first-order valence-electron chi connectivity index (χ1n) is 6.35. The standard InChI is InChI=1S/C14H19BrClNO/c1-14(17,7-6-11-3-2-8-18-11)12-5-4-10(15)9-13(12)16/h4-5,9,11H,2-3,6-8,17H2,1H3. The molecular formula is C14H19BrClNO. The van der Waals surface area contributed by atoms with E-state index >= 15 is 0 Å². The van der Waals surface area contributed by atoms with Gasteiger partial charge in [0.2, 0.25) is 0 Å². The van der Waals surface area contributed by atoms with Gasteiger partial charge >= 0.3 is 0 Å². The highest BCUT2D eigenvalue weighted by Gasteiger charge is 2.26. The first-order valence-corrected chi connectivity index (χ1v) is 7.52. The Kier molecular flexibility index (Phi) is 4.70. The summed E-state index contributed by atoms with van der Waals surface area (Å²) in [7, 11) is 0. The van der Waals surface area contributed by atoms with Crippen LogP contribution in [0.15, 0.2) is 22.7 Å². The first kappa shape index (κ1) is 14.3. The quantitative estimate of drug-likeness (QED) is 0.895. The minimum absolute atomic E-state index is 0.377. The topological polar surface area (TPSA) is 35.2 Å². The van der Waals surface area contributed by atoms with E-state index in [2.05, 4.69) is 15.9 Å². The summed E-state index contributed by atoms with van der Waals surface area (Å²) >= 11 is 9.68. The largest absolute Gasteiger partial charge is 0.378 e. The van der Waals surface area contributed by atoms with Crippen LogP contribution in [0.2, 0.25) is 5.02 Å². The Morgan fingerprint density at radius 1 is 1.56 bits per heavy atom. The predicted octanol–water partition coefficient (Wildman–Crippen LogP) is 4.24. The fraction of sp³-hybridized carbons (Fsp3) is 0.571. The van der Waals surface area contributed by atoms with Crippen LogP contribution >= 0.6 is 27.5 Å². The number of ether oxygens (including phenoxy) is 1. The Labute approximate surface area is 122 Å². The van der Waals surface area contributed by atoms with Crippen molar-refractivity contribution in [3.63, 3.8) is 0 Å². The lowest BCUT2D eigenvalue weighted by Gasteiger charge is -2.27. The molecule has 0 aliphatic carbocycles. The average Bonchev–Trinajstić information content (AvgIpc) is 2.78. The minimum Gasteiger partial charge on any atom is -0.378 e. The van der Waals surface area contributed by atoms with Crippen LogP contribution in [0.3, 0.4) is 0 Å². The van der Waals surface area contributed by atoms with Crippen molar-refractivity contribution in [1.29, 1.82) is 0 Å². The summed E-state index contributed by atoms with van der Waals surface area (Å²) in [6.45, 7) is 2.93. The Balaban J connectivity index is 2.04. The average molecular weight is 333 g/mol. The summed E-state index contributed by atoms with van der Waals surface area (Å²) in [6, 6.07) is 5.88. The molecule has 0 bridgehead atoms. The van der Waals surface area contributed by atoms with E-state index in [1.165, 1.54) is 6.42 Å². The fourth-order valence-corrected chi connectivity index (χ4v) is 3.31. The maximum Gasteiger partial charge on any atom is 0.0576 e. The van der Waals surface area contributed by atoms with Gasteiger partial charge in [0.25, 0.3) is 0 Å². The van der Waals surface area contributed by atoms with Gasteiger partial charge in [0.05, 0.1) is 6.10 Å². The van der Waals surface area contributed by atoms with E-state index in [9.17, 15) is 0 Å². The van der Waals surface area contributed by atoms with E-state index in [1.54, 1.807) is 0 Å². The first-order chi connectivity index (χ1) is 8.49. The number of nitrogens with two attached hydrogens (primary N) is 1. The molecule has 1 fully saturated rings. The molecule has 1 heterocycles. The molecule has 1 aliphatic rings. The van der Waals surface area contributed by atoms with Crippen molar-refractivity contribution < 1.29 is 4.74 Å². The molecule has 0 spiro atoms. The third kappa shape index (κ3) is 3.47. The molecule has 2 nitrogen and oxygen atoms in total. The van der Waals surface area contributed by atoms with Gasteiger partial charge in [-0.15, -0.1) is 0 Å². The van der Waals surface area contributed by atoms with Gasteiger partial charge in [0.15, 0.2) is 0 Å². The zero-order chi connectivity index (χ0) is 13.2. The summed E-state index contributed by atoms with van der Waals surface area (Å²) < 4.78 is 6.62. The minimum atomic E-state index is -0.399. The molecule has 2 atom stereocenters. The zero-order valence-electron chi connectivity index (χ0n) is 10.6. The molecular weight excluding hydrogens is 314 g/mol. The molecule has 4 heteroatoms. The number of benzene rings is 1. The van der Waals surface area contributed by atoms with Gasteiger partial charge in [-0.2, -0.15) is 0 Å². The van der Waals surface area contributed by atoms with Crippen LogP contribution in [0.25, 0.3) is 0 Å². The Bertz CT molecular complexity index is 416. The van der Waals surface area contributed by atoms with E-state index < -0.39 is 5.54 Å². The second kappa shape index (κ2) is 5.91. The summed E-state index contributed by atoms with van der Waals surface area (Å²) in [4.78, 5) is 0.